The summed E-state index contributed by atoms with van der Waals surface area (Å²) >= 11 is 0. The number of aromatic nitrogens is 2. The highest BCUT2D eigenvalue weighted by Crippen LogP contribution is 2.36. The average Bonchev–Trinajstić information content (AvgIpc) is 2.94. The second-order valence-electron chi connectivity index (χ2n) is 5.77. The molecule has 1 saturated heterocycles. The maximum absolute atomic E-state index is 6.00. The molecule has 0 amide bonds. The van der Waals surface area contributed by atoms with E-state index in [2.05, 4.69) is 43.7 Å². The van der Waals surface area contributed by atoms with Gasteiger partial charge in [0.15, 0.2) is 0 Å². The molecular formula is C15H23BN2O2. The molecule has 0 atom stereocenters. The first-order valence-corrected chi connectivity index (χ1v) is 7.18. The van der Waals surface area contributed by atoms with E-state index in [1.165, 1.54) is 0 Å². The van der Waals surface area contributed by atoms with Crippen LogP contribution in [0.1, 0.15) is 41.5 Å². The summed E-state index contributed by atoms with van der Waals surface area (Å²) in [5.41, 5.74) is 1.21. The van der Waals surface area contributed by atoms with E-state index >= 15 is 0 Å². The van der Waals surface area contributed by atoms with Gasteiger partial charge in [-0.05, 0) is 39.8 Å². The van der Waals surface area contributed by atoms with Gasteiger partial charge in [-0.15, -0.1) is 0 Å². The normalized spacial score (nSPS) is 19.8. The largest absolute Gasteiger partial charge is 0.496 e. The number of H-pyrrole nitrogens is 1. The predicted octanol–water partition coefficient (Wildman–Crippen LogP) is 2.89. The Kier molecular flexibility index (Phi) is 3.94. The fourth-order valence-electron chi connectivity index (χ4n) is 2.06. The molecule has 0 unspecified atom stereocenters. The van der Waals surface area contributed by atoms with Gasteiger partial charge in [-0.25, -0.2) is 4.98 Å². The summed E-state index contributed by atoms with van der Waals surface area (Å²) in [5, 5.41) is 1.07. The molecule has 108 valence electrons. The smallest absolute Gasteiger partial charge is 0.399 e. The summed E-state index contributed by atoms with van der Waals surface area (Å²) in [5.74, 6) is 0. The molecule has 20 heavy (non-hydrogen) atoms. The van der Waals surface area contributed by atoms with E-state index in [-0.39, 0.29) is 18.3 Å². The van der Waals surface area contributed by atoms with Crippen molar-refractivity contribution in [3.8, 4) is 0 Å². The lowest BCUT2D eigenvalue weighted by molar-refractivity contribution is 0.00578. The van der Waals surface area contributed by atoms with Gasteiger partial charge in [0, 0.05) is 23.2 Å². The van der Waals surface area contributed by atoms with E-state index in [9.17, 15) is 0 Å². The number of rotatable bonds is 1. The van der Waals surface area contributed by atoms with Crippen molar-refractivity contribution in [2.24, 2.45) is 0 Å². The number of hydrogen-bond acceptors (Lipinski definition) is 3. The molecule has 5 heteroatoms. The van der Waals surface area contributed by atoms with Crippen LogP contribution in [0.25, 0.3) is 11.0 Å². The molecule has 0 spiro atoms. The van der Waals surface area contributed by atoms with Crippen LogP contribution >= 0.6 is 0 Å². The van der Waals surface area contributed by atoms with Gasteiger partial charge < -0.3 is 14.3 Å². The first-order valence-electron chi connectivity index (χ1n) is 7.18. The van der Waals surface area contributed by atoms with Crippen LogP contribution in [0, 0.1) is 0 Å². The first kappa shape index (κ1) is 15.1. The van der Waals surface area contributed by atoms with Gasteiger partial charge in [-0.2, -0.15) is 0 Å². The molecule has 1 aliphatic rings. The Morgan fingerprint density at radius 2 is 1.70 bits per heavy atom. The zero-order valence-electron chi connectivity index (χ0n) is 13.2. The van der Waals surface area contributed by atoms with Crippen LogP contribution in [-0.2, 0) is 9.31 Å². The van der Waals surface area contributed by atoms with Crippen LogP contribution in [-0.4, -0.2) is 28.3 Å². The molecule has 0 radical (unpaired) electrons. The van der Waals surface area contributed by atoms with Crippen molar-refractivity contribution in [1.29, 1.82) is 0 Å². The summed E-state index contributed by atoms with van der Waals surface area (Å²) in [6.45, 7) is 12.2. The Labute approximate surface area is 121 Å². The van der Waals surface area contributed by atoms with Crippen LogP contribution in [0.2, 0.25) is 0 Å². The number of hydrogen-bond donors (Lipinski definition) is 1. The van der Waals surface area contributed by atoms with Crippen LogP contribution in [0.5, 0.6) is 0 Å². The van der Waals surface area contributed by atoms with Gasteiger partial charge in [0.05, 0.1) is 11.2 Å². The molecule has 3 heterocycles. The average molecular weight is 274 g/mol. The van der Waals surface area contributed by atoms with Crippen LogP contribution in [0.4, 0.5) is 0 Å². The second-order valence-corrected chi connectivity index (χ2v) is 5.77. The van der Waals surface area contributed by atoms with Crippen molar-refractivity contribution in [3.05, 3.63) is 24.5 Å². The van der Waals surface area contributed by atoms with Crippen LogP contribution in [0.3, 0.4) is 0 Å². The Morgan fingerprint density at radius 3 is 2.30 bits per heavy atom. The number of nitrogens with one attached hydrogen (secondary N) is 1. The van der Waals surface area contributed by atoms with Crippen molar-refractivity contribution in [3.63, 3.8) is 0 Å². The maximum Gasteiger partial charge on any atom is 0.496 e. The van der Waals surface area contributed by atoms with E-state index in [0.717, 1.165) is 16.5 Å². The summed E-state index contributed by atoms with van der Waals surface area (Å²) in [6, 6.07) is 4.05. The molecule has 0 bridgehead atoms. The van der Waals surface area contributed by atoms with Gasteiger partial charge >= 0.3 is 7.12 Å². The second kappa shape index (κ2) is 5.22. The lowest BCUT2D eigenvalue weighted by Gasteiger charge is -2.32. The van der Waals surface area contributed by atoms with Gasteiger partial charge in [0.1, 0.15) is 5.65 Å². The Morgan fingerprint density at radius 1 is 1.10 bits per heavy atom. The third-order valence-corrected chi connectivity index (χ3v) is 3.95. The Bertz CT molecular complexity index is 576. The van der Waals surface area contributed by atoms with Gasteiger partial charge in [-0.1, -0.05) is 13.8 Å². The molecular weight excluding hydrogens is 251 g/mol. The van der Waals surface area contributed by atoms with E-state index < -0.39 is 0 Å². The molecule has 1 fully saturated rings. The standard InChI is InChI=1S/C13H17BN2O2.C2H6/c1-12(2)13(3,4)18-14(17-12)10-7-9-5-6-15-11(9)16-8-10;1-2/h5-8H,1-4H3,(H,15,16);1-2H3. The minimum atomic E-state index is -0.346. The minimum absolute atomic E-state index is 0.315. The fourth-order valence-corrected chi connectivity index (χ4v) is 2.06. The Hall–Kier alpha value is -1.33. The molecule has 1 N–H and O–H groups in total. The molecule has 1 aliphatic heterocycles. The van der Waals surface area contributed by atoms with E-state index in [1.807, 2.05) is 26.1 Å². The van der Waals surface area contributed by atoms with Gasteiger partial charge in [0.2, 0.25) is 0 Å². The van der Waals surface area contributed by atoms with E-state index in [4.69, 9.17) is 9.31 Å². The molecule has 2 aromatic heterocycles. The van der Waals surface area contributed by atoms with Crippen molar-refractivity contribution < 1.29 is 9.31 Å². The summed E-state index contributed by atoms with van der Waals surface area (Å²) < 4.78 is 12.0. The number of nitrogens with zero attached hydrogens (tertiary/aromatic N) is 1. The number of fused-ring (bicyclic) bond motifs is 1. The molecule has 0 aromatic carbocycles. The van der Waals surface area contributed by atoms with Crippen LogP contribution in [0.15, 0.2) is 24.5 Å². The lowest BCUT2D eigenvalue weighted by Crippen LogP contribution is -2.41. The number of aromatic amines is 1. The SMILES string of the molecule is CC.CC1(C)OB(c2cnc3[nH]ccc3c2)OC1(C)C. The lowest BCUT2D eigenvalue weighted by atomic mass is 9.80. The minimum Gasteiger partial charge on any atom is -0.399 e. The third-order valence-electron chi connectivity index (χ3n) is 3.95. The van der Waals surface area contributed by atoms with E-state index in [1.54, 1.807) is 6.20 Å². The van der Waals surface area contributed by atoms with Crippen molar-refractivity contribution >= 4 is 23.6 Å². The van der Waals surface area contributed by atoms with Crippen molar-refractivity contribution in [1.82, 2.24) is 9.97 Å². The third kappa shape index (κ3) is 2.48. The van der Waals surface area contributed by atoms with Crippen molar-refractivity contribution in [2.75, 3.05) is 0 Å². The quantitative estimate of drug-likeness (QED) is 0.813. The van der Waals surface area contributed by atoms with E-state index in [0.29, 0.717) is 0 Å². The molecule has 0 saturated carbocycles. The van der Waals surface area contributed by atoms with Gasteiger partial charge in [-0.3, -0.25) is 0 Å². The Balaban J connectivity index is 0.000000704. The first-order chi connectivity index (χ1) is 9.39. The highest BCUT2D eigenvalue weighted by Gasteiger charge is 2.51. The summed E-state index contributed by atoms with van der Waals surface area (Å²) in [4.78, 5) is 7.44. The predicted molar refractivity (Wildman–Crippen MR) is 83.2 cm³/mol. The highest BCUT2D eigenvalue weighted by atomic mass is 16.7. The summed E-state index contributed by atoms with van der Waals surface area (Å²) in [6.07, 6.45) is 3.69. The molecule has 4 nitrogen and oxygen atoms in total. The highest BCUT2D eigenvalue weighted by molar-refractivity contribution is 6.62. The number of pyridine rings is 1. The topological polar surface area (TPSA) is 47.1 Å². The molecule has 3 rings (SSSR count). The van der Waals surface area contributed by atoms with Crippen LogP contribution < -0.4 is 5.46 Å². The fraction of sp³-hybridized carbons (Fsp3) is 0.533. The molecule has 0 aliphatic carbocycles. The maximum atomic E-state index is 6.00. The van der Waals surface area contributed by atoms with Gasteiger partial charge in [0.25, 0.3) is 0 Å². The zero-order chi connectivity index (χ0) is 15.0. The summed E-state index contributed by atoms with van der Waals surface area (Å²) in [7, 11) is -0.346. The molecule has 2 aromatic rings. The monoisotopic (exact) mass is 274 g/mol. The zero-order valence-corrected chi connectivity index (χ0v) is 13.2. The van der Waals surface area contributed by atoms with Crippen molar-refractivity contribution in [2.45, 2.75) is 52.7 Å².